The number of thiazole rings is 1. The Labute approximate surface area is 126 Å². The SMILES string of the molecule is NNc1ccnc(C(=O)N2CCN(c3nccs3)CC2)c1. The molecular formula is C13H16N6OS. The standard InChI is InChI=1S/C13H16N6OS/c14-17-10-1-2-15-11(9-10)12(20)18-4-6-19(7-5-18)13-16-3-8-21-13/h1-3,8-9H,4-7,14H2,(H,15,17). The average molecular weight is 304 g/mol. The molecule has 0 unspecified atom stereocenters. The lowest BCUT2D eigenvalue weighted by Crippen LogP contribution is -2.49. The van der Waals surface area contributed by atoms with Gasteiger partial charge < -0.3 is 15.2 Å². The number of pyridine rings is 1. The van der Waals surface area contributed by atoms with Crippen molar-refractivity contribution in [2.75, 3.05) is 36.5 Å². The molecule has 1 amide bonds. The third-order valence-corrected chi connectivity index (χ3v) is 4.23. The first-order chi connectivity index (χ1) is 10.3. The zero-order valence-corrected chi connectivity index (χ0v) is 12.2. The van der Waals surface area contributed by atoms with Gasteiger partial charge in [0.15, 0.2) is 5.13 Å². The Morgan fingerprint density at radius 1 is 1.24 bits per heavy atom. The molecular weight excluding hydrogens is 288 g/mol. The molecule has 2 aromatic heterocycles. The first-order valence-electron chi connectivity index (χ1n) is 6.64. The molecule has 0 saturated carbocycles. The molecule has 1 aliphatic rings. The van der Waals surface area contributed by atoms with Crippen LogP contribution in [-0.2, 0) is 0 Å². The first-order valence-corrected chi connectivity index (χ1v) is 7.52. The van der Waals surface area contributed by atoms with E-state index >= 15 is 0 Å². The minimum absolute atomic E-state index is 0.0640. The van der Waals surface area contributed by atoms with Gasteiger partial charge in [0, 0.05) is 44.0 Å². The minimum Gasteiger partial charge on any atom is -0.345 e. The van der Waals surface area contributed by atoms with Crippen LogP contribution in [0, 0.1) is 0 Å². The number of anilines is 2. The topological polar surface area (TPSA) is 87.4 Å². The van der Waals surface area contributed by atoms with Crippen LogP contribution in [0.2, 0.25) is 0 Å². The number of carbonyl (C=O) groups excluding carboxylic acids is 1. The first kappa shape index (κ1) is 13.8. The molecule has 1 saturated heterocycles. The van der Waals surface area contributed by atoms with Gasteiger partial charge in [-0.25, -0.2) is 4.98 Å². The summed E-state index contributed by atoms with van der Waals surface area (Å²) in [6, 6.07) is 3.38. The van der Waals surface area contributed by atoms with Crippen molar-refractivity contribution in [3.05, 3.63) is 35.6 Å². The van der Waals surface area contributed by atoms with Gasteiger partial charge in [-0.1, -0.05) is 0 Å². The highest BCUT2D eigenvalue weighted by Gasteiger charge is 2.24. The van der Waals surface area contributed by atoms with Crippen LogP contribution in [0.4, 0.5) is 10.8 Å². The monoisotopic (exact) mass is 304 g/mol. The summed E-state index contributed by atoms with van der Waals surface area (Å²) in [5.41, 5.74) is 3.61. The zero-order valence-electron chi connectivity index (χ0n) is 11.4. The van der Waals surface area contributed by atoms with Crippen LogP contribution < -0.4 is 16.2 Å². The van der Waals surface area contributed by atoms with Crippen molar-refractivity contribution in [1.29, 1.82) is 0 Å². The van der Waals surface area contributed by atoms with E-state index in [0.29, 0.717) is 24.5 Å². The Morgan fingerprint density at radius 3 is 2.71 bits per heavy atom. The molecule has 8 heteroatoms. The Hall–Kier alpha value is -2.19. The molecule has 3 rings (SSSR count). The number of aromatic nitrogens is 2. The molecule has 110 valence electrons. The largest absolute Gasteiger partial charge is 0.345 e. The lowest BCUT2D eigenvalue weighted by Gasteiger charge is -2.34. The number of nitrogen functional groups attached to an aromatic ring is 1. The number of nitrogens with zero attached hydrogens (tertiary/aromatic N) is 4. The highest BCUT2D eigenvalue weighted by molar-refractivity contribution is 7.13. The van der Waals surface area contributed by atoms with Crippen LogP contribution in [0.1, 0.15) is 10.5 Å². The number of hydrogen-bond donors (Lipinski definition) is 2. The lowest BCUT2D eigenvalue weighted by atomic mass is 10.2. The van der Waals surface area contributed by atoms with E-state index in [0.717, 1.165) is 18.2 Å². The minimum atomic E-state index is -0.0640. The Bertz CT molecular complexity index is 609. The van der Waals surface area contributed by atoms with Crippen LogP contribution in [0.3, 0.4) is 0 Å². The van der Waals surface area contributed by atoms with E-state index in [4.69, 9.17) is 5.84 Å². The number of nitrogens with one attached hydrogen (secondary N) is 1. The highest BCUT2D eigenvalue weighted by atomic mass is 32.1. The molecule has 0 bridgehead atoms. The third-order valence-electron chi connectivity index (χ3n) is 3.40. The van der Waals surface area contributed by atoms with Gasteiger partial charge in [-0.15, -0.1) is 11.3 Å². The maximum absolute atomic E-state index is 12.4. The van der Waals surface area contributed by atoms with E-state index in [-0.39, 0.29) is 5.91 Å². The predicted octanol–water partition coefficient (Wildman–Crippen LogP) is 0.786. The van der Waals surface area contributed by atoms with Crippen LogP contribution in [0.15, 0.2) is 29.9 Å². The molecule has 3 heterocycles. The number of nitrogens with two attached hydrogens (primary N) is 1. The summed E-state index contributed by atoms with van der Waals surface area (Å²) in [6.07, 6.45) is 3.38. The molecule has 7 nitrogen and oxygen atoms in total. The fourth-order valence-electron chi connectivity index (χ4n) is 2.27. The second-order valence-electron chi connectivity index (χ2n) is 4.67. The zero-order chi connectivity index (χ0) is 14.7. The Balaban J connectivity index is 1.64. The van der Waals surface area contributed by atoms with Gasteiger partial charge >= 0.3 is 0 Å². The summed E-state index contributed by atoms with van der Waals surface area (Å²) in [6.45, 7) is 2.91. The Kier molecular flexibility index (Phi) is 3.98. The van der Waals surface area contributed by atoms with E-state index in [1.807, 2.05) is 10.3 Å². The number of carbonyl (C=O) groups is 1. The van der Waals surface area contributed by atoms with Gasteiger partial charge in [-0.2, -0.15) is 0 Å². The van der Waals surface area contributed by atoms with Gasteiger partial charge in [0.25, 0.3) is 5.91 Å². The van der Waals surface area contributed by atoms with Crippen molar-refractivity contribution >= 4 is 28.1 Å². The van der Waals surface area contributed by atoms with E-state index < -0.39 is 0 Å². The molecule has 0 aromatic carbocycles. The lowest BCUT2D eigenvalue weighted by molar-refractivity contribution is 0.0741. The summed E-state index contributed by atoms with van der Waals surface area (Å²) in [4.78, 5) is 24.8. The van der Waals surface area contributed by atoms with E-state index in [1.165, 1.54) is 0 Å². The van der Waals surface area contributed by atoms with Crippen LogP contribution >= 0.6 is 11.3 Å². The third kappa shape index (κ3) is 2.96. The maximum Gasteiger partial charge on any atom is 0.272 e. The molecule has 21 heavy (non-hydrogen) atoms. The summed E-state index contributed by atoms with van der Waals surface area (Å²) < 4.78 is 0. The summed E-state index contributed by atoms with van der Waals surface area (Å²) in [5, 5.41) is 2.97. The van der Waals surface area contributed by atoms with Crippen LogP contribution in [-0.4, -0.2) is 47.0 Å². The number of amides is 1. The quantitative estimate of drug-likeness (QED) is 0.644. The average Bonchev–Trinajstić information content (AvgIpc) is 3.09. The van der Waals surface area contributed by atoms with Gasteiger partial charge in [0.05, 0.1) is 5.69 Å². The molecule has 0 spiro atoms. The summed E-state index contributed by atoms with van der Waals surface area (Å²) in [7, 11) is 0. The van der Waals surface area contributed by atoms with Gasteiger partial charge in [-0.3, -0.25) is 15.6 Å². The van der Waals surface area contributed by atoms with Crippen molar-refractivity contribution in [2.24, 2.45) is 5.84 Å². The second kappa shape index (κ2) is 6.06. The van der Waals surface area contributed by atoms with Gasteiger partial charge in [-0.05, 0) is 12.1 Å². The van der Waals surface area contributed by atoms with Crippen LogP contribution in [0.5, 0.6) is 0 Å². The van der Waals surface area contributed by atoms with Gasteiger partial charge in [0.1, 0.15) is 5.69 Å². The maximum atomic E-state index is 12.4. The summed E-state index contributed by atoms with van der Waals surface area (Å²) in [5.74, 6) is 5.29. The van der Waals surface area contributed by atoms with Gasteiger partial charge in [0.2, 0.25) is 0 Å². The molecule has 3 N–H and O–H groups in total. The normalized spacial score (nSPS) is 15.1. The smallest absolute Gasteiger partial charge is 0.272 e. The molecule has 1 aliphatic heterocycles. The fourth-order valence-corrected chi connectivity index (χ4v) is 2.97. The number of hydrazine groups is 1. The highest BCUT2D eigenvalue weighted by Crippen LogP contribution is 2.19. The molecule has 0 atom stereocenters. The van der Waals surface area contributed by atoms with E-state index in [1.54, 1.807) is 35.9 Å². The van der Waals surface area contributed by atoms with Crippen LogP contribution in [0.25, 0.3) is 0 Å². The molecule has 1 fully saturated rings. The van der Waals surface area contributed by atoms with Crippen molar-refractivity contribution in [3.63, 3.8) is 0 Å². The number of hydrogen-bond acceptors (Lipinski definition) is 7. The second-order valence-corrected chi connectivity index (χ2v) is 5.54. The number of rotatable bonds is 3. The summed E-state index contributed by atoms with van der Waals surface area (Å²) >= 11 is 1.62. The van der Waals surface area contributed by atoms with Crippen molar-refractivity contribution < 1.29 is 4.79 Å². The molecule has 2 aromatic rings. The van der Waals surface area contributed by atoms with Crippen molar-refractivity contribution in [2.45, 2.75) is 0 Å². The molecule has 0 radical (unpaired) electrons. The predicted molar refractivity (Wildman–Crippen MR) is 82.3 cm³/mol. The fraction of sp³-hybridized carbons (Fsp3) is 0.308. The Morgan fingerprint density at radius 2 is 2.05 bits per heavy atom. The number of piperazine rings is 1. The van der Waals surface area contributed by atoms with Crippen molar-refractivity contribution in [1.82, 2.24) is 14.9 Å². The molecule has 0 aliphatic carbocycles. The van der Waals surface area contributed by atoms with E-state index in [2.05, 4.69) is 20.3 Å². The van der Waals surface area contributed by atoms with Crippen molar-refractivity contribution in [3.8, 4) is 0 Å². The van der Waals surface area contributed by atoms with E-state index in [9.17, 15) is 4.79 Å².